The number of alkyl halides is 3. The van der Waals surface area contributed by atoms with Crippen LogP contribution >= 0.6 is 0 Å². The number of hydrazine groups is 1. The lowest BCUT2D eigenvalue weighted by Gasteiger charge is -2.16. The molecule has 7 heteroatoms. The molecule has 0 saturated heterocycles. The highest BCUT2D eigenvalue weighted by atomic mass is 19.4. The van der Waals surface area contributed by atoms with Crippen LogP contribution in [0, 0.1) is 0 Å². The van der Waals surface area contributed by atoms with E-state index in [1.165, 1.54) is 17.4 Å². The summed E-state index contributed by atoms with van der Waals surface area (Å²) in [6, 6.07) is 5.18. The van der Waals surface area contributed by atoms with Gasteiger partial charge >= 0.3 is 6.18 Å². The van der Waals surface area contributed by atoms with Crippen molar-refractivity contribution in [2.75, 3.05) is 6.67 Å². The van der Waals surface area contributed by atoms with E-state index in [0.29, 0.717) is 18.8 Å². The molecule has 2 rings (SSSR count). The Morgan fingerprint density at radius 2 is 2.12 bits per heavy atom. The van der Waals surface area contributed by atoms with Crippen LogP contribution in [-0.4, -0.2) is 23.0 Å². The summed E-state index contributed by atoms with van der Waals surface area (Å²) < 4.78 is 37.4. The number of benzene rings is 1. The second kappa shape index (κ2) is 4.25. The summed E-state index contributed by atoms with van der Waals surface area (Å²) in [4.78, 5) is 0. The van der Waals surface area contributed by atoms with Gasteiger partial charge in [-0.15, -0.1) is 0 Å². The lowest BCUT2D eigenvalue weighted by atomic mass is 10.1. The van der Waals surface area contributed by atoms with E-state index in [0.717, 1.165) is 12.1 Å². The zero-order chi connectivity index (χ0) is 12.5. The Labute approximate surface area is 96.1 Å². The average molecular weight is 244 g/mol. The van der Waals surface area contributed by atoms with Crippen LogP contribution in [0.25, 0.3) is 0 Å². The van der Waals surface area contributed by atoms with Crippen molar-refractivity contribution in [1.82, 2.24) is 10.0 Å². The van der Waals surface area contributed by atoms with Crippen molar-refractivity contribution in [1.29, 1.82) is 0 Å². The minimum atomic E-state index is -4.32. The maximum atomic E-state index is 12.5. The zero-order valence-electron chi connectivity index (χ0n) is 8.85. The molecule has 2 N–H and O–H groups in total. The number of hydrogen-bond donors (Lipinski definition) is 1. The van der Waals surface area contributed by atoms with E-state index in [1.54, 1.807) is 11.1 Å². The highest BCUT2D eigenvalue weighted by Gasteiger charge is 2.30. The van der Waals surface area contributed by atoms with Gasteiger partial charge in [-0.1, -0.05) is 12.1 Å². The number of nitrogens with zero attached hydrogens (tertiary/aromatic N) is 3. The number of nitrogens with two attached hydrogens (primary N) is 1. The van der Waals surface area contributed by atoms with Gasteiger partial charge in [0.15, 0.2) is 0 Å². The van der Waals surface area contributed by atoms with Crippen molar-refractivity contribution in [3.05, 3.63) is 35.4 Å². The smallest absolute Gasteiger partial charge is 0.278 e. The fraction of sp³-hybridized carbons (Fsp3) is 0.300. The monoisotopic (exact) mass is 244 g/mol. The lowest BCUT2D eigenvalue weighted by Crippen LogP contribution is -2.31. The van der Waals surface area contributed by atoms with Crippen molar-refractivity contribution in [2.24, 2.45) is 10.9 Å². The van der Waals surface area contributed by atoms with E-state index in [9.17, 15) is 13.2 Å². The molecule has 0 spiro atoms. The van der Waals surface area contributed by atoms with Crippen LogP contribution in [0.15, 0.2) is 29.4 Å². The highest BCUT2D eigenvalue weighted by molar-refractivity contribution is 5.55. The molecule has 1 aromatic rings. The van der Waals surface area contributed by atoms with E-state index in [2.05, 4.69) is 5.10 Å². The minimum absolute atomic E-state index is 0.300. The molecule has 92 valence electrons. The molecular weight excluding hydrogens is 233 g/mol. The maximum absolute atomic E-state index is 12.5. The second-order valence-corrected chi connectivity index (χ2v) is 3.75. The number of hydrazone groups is 1. The number of rotatable bonds is 2. The minimum Gasteiger partial charge on any atom is -0.278 e. The topological polar surface area (TPSA) is 44.9 Å². The predicted octanol–water partition coefficient (Wildman–Crippen LogP) is 1.60. The van der Waals surface area contributed by atoms with Gasteiger partial charge in [0.05, 0.1) is 12.1 Å². The second-order valence-electron chi connectivity index (χ2n) is 3.75. The largest absolute Gasteiger partial charge is 0.416 e. The summed E-state index contributed by atoms with van der Waals surface area (Å²) >= 11 is 0. The van der Waals surface area contributed by atoms with Crippen LogP contribution in [0.4, 0.5) is 13.2 Å². The van der Waals surface area contributed by atoms with E-state index >= 15 is 0 Å². The molecule has 0 radical (unpaired) electrons. The summed E-state index contributed by atoms with van der Waals surface area (Å²) in [5.74, 6) is 5.44. The first-order valence-electron chi connectivity index (χ1n) is 4.92. The van der Waals surface area contributed by atoms with E-state index in [1.807, 2.05) is 0 Å². The number of halogens is 3. The molecule has 0 fully saturated rings. The zero-order valence-corrected chi connectivity index (χ0v) is 8.85. The first-order valence-corrected chi connectivity index (χ1v) is 4.92. The van der Waals surface area contributed by atoms with Gasteiger partial charge in [-0.3, -0.25) is 10.0 Å². The van der Waals surface area contributed by atoms with E-state index in [4.69, 9.17) is 5.84 Å². The molecule has 0 bridgehead atoms. The van der Waals surface area contributed by atoms with Gasteiger partial charge in [-0.25, -0.2) is 5.84 Å². The Bertz CT molecular complexity index is 430. The Balaban J connectivity index is 2.09. The predicted molar refractivity (Wildman–Crippen MR) is 56.4 cm³/mol. The lowest BCUT2D eigenvalue weighted by molar-refractivity contribution is -0.137. The van der Waals surface area contributed by atoms with Crippen LogP contribution in [-0.2, 0) is 12.7 Å². The molecule has 0 atom stereocenters. The summed E-state index contributed by atoms with van der Waals surface area (Å²) in [6.45, 7) is 0.671. The molecule has 1 aliphatic rings. The van der Waals surface area contributed by atoms with Gasteiger partial charge in [0.2, 0.25) is 0 Å². The van der Waals surface area contributed by atoms with Crippen molar-refractivity contribution < 1.29 is 13.2 Å². The van der Waals surface area contributed by atoms with Gasteiger partial charge in [-0.05, 0) is 17.7 Å². The highest BCUT2D eigenvalue weighted by Crippen LogP contribution is 2.29. The van der Waals surface area contributed by atoms with Crippen molar-refractivity contribution in [2.45, 2.75) is 12.7 Å². The van der Waals surface area contributed by atoms with Gasteiger partial charge in [0.1, 0.15) is 13.0 Å². The van der Waals surface area contributed by atoms with Crippen molar-refractivity contribution in [3.63, 3.8) is 0 Å². The standard InChI is InChI=1S/C10H11F3N4/c11-10(12,13)9-3-1-2-8(4-9)5-17-7-16(14)6-15-17/h1-4,6H,5,7,14H2. The maximum Gasteiger partial charge on any atom is 0.416 e. The van der Waals surface area contributed by atoms with Crippen LogP contribution in [0.2, 0.25) is 0 Å². The molecule has 4 nitrogen and oxygen atoms in total. The molecule has 17 heavy (non-hydrogen) atoms. The Morgan fingerprint density at radius 3 is 2.71 bits per heavy atom. The van der Waals surface area contributed by atoms with Gasteiger partial charge in [-0.2, -0.15) is 18.3 Å². The normalized spacial score (nSPS) is 15.8. The molecule has 0 saturated carbocycles. The van der Waals surface area contributed by atoms with Crippen molar-refractivity contribution in [3.8, 4) is 0 Å². The third-order valence-corrected chi connectivity index (χ3v) is 2.31. The summed E-state index contributed by atoms with van der Waals surface area (Å²) in [5.41, 5.74) is -0.102. The summed E-state index contributed by atoms with van der Waals surface area (Å²) in [7, 11) is 0. The summed E-state index contributed by atoms with van der Waals surface area (Å²) in [5, 5.41) is 6.87. The van der Waals surface area contributed by atoms with Crippen LogP contribution in [0.1, 0.15) is 11.1 Å². The molecule has 1 aromatic carbocycles. The molecular formula is C10H11F3N4. The Kier molecular flexibility index (Phi) is 2.93. The molecule has 0 aliphatic carbocycles. The average Bonchev–Trinajstić information content (AvgIpc) is 2.63. The molecule has 1 aliphatic heterocycles. The van der Waals surface area contributed by atoms with Crippen LogP contribution in [0.5, 0.6) is 0 Å². The first-order chi connectivity index (χ1) is 7.95. The fourth-order valence-electron chi connectivity index (χ4n) is 1.55. The number of hydrogen-bond acceptors (Lipinski definition) is 4. The molecule has 0 amide bonds. The third-order valence-electron chi connectivity index (χ3n) is 2.31. The van der Waals surface area contributed by atoms with Gasteiger partial charge in [0, 0.05) is 0 Å². The van der Waals surface area contributed by atoms with Crippen LogP contribution in [0.3, 0.4) is 0 Å². The van der Waals surface area contributed by atoms with Crippen molar-refractivity contribution >= 4 is 6.34 Å². The SMILES string of the molecule is NN1C=NN(Cc2cccc(C(F)(F)F)c2)C1. The Morgan fingerprint density at radius 1 is 1.35 bits per heavy atom. The van der Waals surface area contributed by atoms with E-state index in [-0.39, 0.29) is 0 Å². The quantitative estimate of drug-likeness (QED) is 0.804. The first kappa shape index (κ1) is 11.7. The Hall–Kier alpha value is -1.76. The third kappa shape index (κ3) is 2.88. The van der Waals surface area contributed by atoms with Crippen LogP contribution < -0.4 is 5.84 Å². The van der Waals surface area contributed by atoms with E-state index < -0.39 is 11.7 Å². The molecule has 1 heterocycles. The fourth-order valence-corrected chi connectivity index (χ4v) is 1.55. The summed E-state index contributed by atoms with van der Waals surface area (Å²) in [6.07, 6.45) is -2.89. The molecule has 0 unspecified atom stereocenters. The molecule has 0 aromatic heterocycles. The van der Waals surface area contributed by atoms with Gasteiger partial charge < -0.3 is 0 Å². The van der Waals surface area contributed by atoms with Gasteiger partial charge in [0.25, 0.3) is 0 Å².